The number of fused-ring (bicyclic) bond motifs is 2. The van der Waals surface area contributed by atoms with Gasteiger partial charge >= 0.3 is 0 Å². The van der Waals surface area contributed by atoms with Crippen molar-refractivity contribution in [3.8, 4) is 0 Å². The lowest BCUT2D eigenvalue weighted by Crippen LogP contribution is -2.52. The van der Waals surface area contributed by atoms with Gasteiger partial charge in [0, 0.05) is 25.0 Å². The number of hydrogen-bond acceptors (Lipinski definition) is 2. The number of piperidine rings is 1. The van der Waals surface area contributed by atoms with Gasteiger partial charge in [-0.15, -0.1) is 0 Å². The number of rotatable bonds is 4. The Bertz CT molecular complexity index is 357. The zero-order valence-electron chi connectivity index (χ0n) is 13.1. The van der Waals surface area contributed by atoms with E-state index in [1.54, 1.807) is 0 Å². The fraction of sp³-hybridized carbons (Fsp3) is 0.941. The topological polar surface area (TPSA) is 32.3 Å². The quantitative estimate of drug-likeness (QED) is 0.857. The van der Waals surface area contributed by atoms with E-state index in [-0.39, 0.29) is 0 Å². The number of carbonyl (C=O) groups excluding carboxylic acids is 1. The first kappa shape index (κ1) is 14.4. The zero-order chi connectivity index (χ0) is 14.1. The highest BCUT2D eigenvalue weighted by Gasteiger charge is 2.45. The predicted molar refractivity (Wildman–Crippen MR) is 81.4 cm³/mol. The van der Waals surface area contributed by atoms with Crippen LogP contribution in [-0.2, 0) is 4.79 Å². The Morgan fingerprint density at radius 1 is 1.25 bits per heavy atom. The fourth-order valence-corrected chi connectivity index (χ4v) is 4.76. The first-order valence-corrected chi connectivity index (χ1v) is 8.71. The van der Waals surface area contributed by atoms with Gasteiger partial charge in [-0.05, 0) is 56.4 Å². The van der Waals surface area contributed by atoms with Gasteiger partial charge in [-0.3, -0.25) is 4.79 Å². The van der Waals surface area contributed by atoms with Crippen molar-refractivity contribution in [3.63, 3.8) is 0 Å². The van der Waals surface area contributed by atoms with Crippen molar-refractivity contribution in [3.05, 3.63) is 0 Å². The van der Waals surface area contributed by atoms with Crippen molar-refractivity contribution in [2.45, 2.75) is 58.4 Å². The Labute approximate surface area is 123 Å². The molecule has 2 bridgehead atoms. The third-order valence-corrected chi connectivity index (χ3v) is 5.93. The van der Waals surface area contributed by atoms with Crippen LogP contribution in [0.4, 0.5) is 0 Å². The summed E-state index contributed by atoms with van der Waals surface area (Å²) in [6.07, 6.45) is 7.54. The Morgan fingerprint density at radius 2 is 2.10 bits per heavy atom. The van der Waals surface area contributed by atoms with E-state index in [1.807, 2.05) is 0 Å². The fourth-order valence-electron chi connectivity index (χ4n) is 4.76. The minimum atomic E-state index is 0.376. The van der Waals surface area contributed by atoms with Crippen molar-refractivity contribution in [2.75, 3.05) is 19.6 Å². The van der Waals surface area contributed by atoms with Crippen molar-refractivity contribution in [2.24, 2.45) is 23.7 Å². The molecule has 3 nitrogen and oxygen atoms in total. The molecule has 0 aromatic heterocycles. The van der Waals surface area contributed by atoms with Crippen molar-refractivity contribution < 1.29 is 4.79 Å². The van der Waals surface area contributed by atoms with Crippen LogP contribution in [0.3, 0.4) is 0 Å². The van der Waals surface area contributed by atoms with Gasteiger partial charge in [-0.1, -0.05) is 20.3 Å². The van der Waals surface area contributed by atoms with E-state index in [4.69, 9.17) is 0 Å². The van der Waals surface area contributed by atoms with E-state index in [0.29, 0.717) is 23.8 Å². The number of likely N-dealkylation sites (tertiary alicyclic amines) is 1. The molecule has 1 heterocycles. The number of nitrogens with one attached hydrogen (secondary N) is 1. The molecule has 20 heavy (non-hydrogen) atoms. The molecule has 0 aromatic carbocycles. The van der Waals surface area contributed by atoms with E-state index in [9.17, 15) is 4.79 Å². The molecule has 0 aromatic rings. The standard InChI is InChI=1S/C17H30N2O/c1-3-7-18-16-6-8-19(11-12(16)2)17(20)15-10-13-4-5-14(15)9-13/h12-16,18H,3-11H2,1-2H3. The molecule has 1 amide bonds. The van der Waals surface area contributed by atoms with Crippen LogP contribution in [-0.4, -0.2) is 36.5 Å². The predicted octanol–water partition coefficient (Wildman–Crippen LogP) is 2.66. The monoisotopic (exact) mass is 278 g/mol. The van der Waals surface area contributed by atoms with Gasteiger partial charge in [0.1, 0.15) is 0 Å². The van der Waals surface area contributed by atoms with Gasteiger partial charge in [-0.25, -0.2) is 0 Å². The van der Waals surface area contributed by atoms with Crippen LogP contribution < -0.4 is 5.32 Å². The van der Waals surface area contributed by atoms with Gasteiger partial charge in [0.15, 0.2) is 0 Å². The highest BCUT2D eigenvalue weighted by atomic mass is 16.2. The molecule has 1 aliphatic heterocycles. The molecule has 3 aliphatic rings. The zero-order valence-corrected chi connectivity index (χ0v) is 13.1. The third kappa shape index (κ3) is 2.74. The summed E-state index contributed by atoms with van der Waals surface area (Å²) in [5.74, 6) is 3.05. The molecular weight excluding hydrogens is 248 g/mol. The minimum Gasteiger partial charge on any atom is -0.342 e. The maximum absolute atomic E-state index is 12.8. The molecule has 0 radical (unpaired) electrons. The Kier molecular flexibility index (Phi) is 4.34. The summed E-state index contributed by atoms with van der Waals surface area (Å²) in [6.45, 7) is 7.56. The van der Waals surface area contributed by atoms with E-state index < -0.39 is 0 Å². The van der Waals surface area contributed by atoms with Crippen LogP contribution in [0.2, 0.25) is 0 Å². The largest absolute Gasteiger partial charge is 0.342 e. The van der Waals surface area contributed by atoms with Crippen LogP contribution in [0.5, 0.6) is 0 Å². The Hall–Kier alpha value is -0.570. The highest BCUT2D eigenvalue weighted by Crippen LogP contribution is 2.49. The second-order valence-electron chi connectivity index (χ2n) is 7.39. The second-order valence-corrected chi connectivity index (χ2v) is 7.39. The molecule has 3 fully saturated rings. The van der Waals surface area contributed by atoms with Gasteiger partial charge in [-0.2, -0.15) is 0 Å². The molecule has 3 rings (SSSR count). The molecule has 0 spiro atoms. The maximum atomic E-state index is 12.8. The Balaban J connectivity index is 1.53. The van der Waals surface area contributed by atoms with Gasteiger partial charge in [0.2, 0.25) is 5.91 Å². The maximum Gasteiger partial charge on any atom is 0.225 e. The van der Waals surface area contributed by atoms with Crippen LogP contribution in [0.1, 0.15) is 52.4 Å². The third-order valence-electron chi connectivity index (χ3n) is 5.93. The van der Waals surface area contributed by atoms with Crippen molar-refractivity contribution >= 4 is 5.91 Å². The highest BCUT2D eigenvalue weighted by molar-refractivity contribution is 5.79. The summed E-state index contributed by atoms with van der Waals surface area (Å²) in [5.41, 5.74) is 0. The lowest BCUT2D eigenvalue weighted by molar-refractivity contribution is -0.139. The molecule has 2 aliphatic carbocycles. The number of amides is 1. The number of nitrogens with zero attached hydrogens (tertiary/aromatic N) is 1. The molecular formula is C17H30N2O. The first-order chi connectivity index (χ1) is 9.69. The van der Waals surface area contributed by atoms with E-state index in [2.05, 4.69) is 24.1 Å². The van der Waals surface area contributed by atoms with Gasteiger partial charge in [0.25, 0.3) is 0 Å². The van der Waals surface area contributed by atoms with Crippen LogP contribution in [0.25, 0.3) is 0 Å². The molecule has 1 N–H and O–H groups in total. The van der Waals surface area contributed by atoms with Gasteiger partial charge in [0.05, 0.1) is 0 Å². The molecule has 2 saturated carbocycles. The van der Waals surface area contributed by atoms with Crippen molar-refractivity contribution in [1.82, 2.24) is 10.2 Å². The van der Waals surface area contributed by atoms with Crippen molar-refractivity contribution in [1.29, 1.82) is 0 Å². The lowest BCUT2D eigenvalue weighted by Gasteiger charge is -2.39. The molecule has 114 valence electrons. The summed E-state index contributed by atoms with van der Waals surface area (Å²) < 4.78 is 0. The molecule has 1 saturated heterocycles. The molecule has 5 atom stereocenters. The number of hydrogen-bond donors (Lipinski definition) is 1. The SMILES string of the molecule is CCCNC1CCN(C(=O)C2CC3CCC2C3)CC1C. The number of carbonyl (C=O) groups is 1. The smallest absolute Gasteiger partial charge is 0.225 e. The Morgan fingerprint density at radius 3 is 2.70 bits per heavy atom. The normalized spacial score (nSPS) is 40.3. The van der Waals surface area contributed by atoms with Crippen LogP contribution in [0, 0.1) is 23.7 Å². The van der Waals surface area contributed by atoms with Crippen LogP contribution >= 0.6 is 0 Å². The summed E-state index contributed by atoms with van der Waals surface area (Å²) in [4.78, 5) is 14.9. The van der Waals surface area contributed by atoms with E-state index in [0.717, 1.165) is 37.9 Å². The summed E-state index contributed by atoms with van der Waals surface area (Å²) in [6, 6.07) is 0.610. The molecule has 3 heteroatoms. The minimum absolute atomic E-state index is 0.376. The first-order valence-electron chi connectivity index (χ1n) is 8.71. The summed E-state index contributed by atoms with van der Waals surface area (Å²) >= 11 is 0. The average Bonchev–Trinajstić information content (AvgIpc) is 3.08. The van der Waals surface area contributed by atoms with E-state index >= 15 is 0 Å². The summed E-state index contributed by atoms with van der Waals surface area (Å²) in [5, 5.41) is 3.64. The van der Waals surface area contributed by atoms with Gasteiger partial charge < -0.3 is 10.2 Å². The van der Waals surface area contributed by atoms with E-state index in [1.165, 1.54) is 32.1 Å². The second kappa shape index (κ2) is 6.05. The average molecular weight is 278 g/mol. The molecule has 5 unspecified atom stereocenters. The summed E-state index contributed by atoms with van der Waals surface area (Å²) in [7, 11) is 0. The van der Waals surface area contributed by atoms with Crippen LogP contribution in [0.15, 0.2) is 0 Å². The lowest BCUT2D eigenvalue weighted by atomic mass is 9.86.